The van der Waals surface area contributed by atoms with E-state index in [0.717, 1.165) is 42.2 Å². The molecule has 2 saturated carbocycles. The summed E-state index contributed by atoms with van der Waals surface area (Å²) in [6.07, 6.45) is 13.0. The number of hydrogen-bond acceptors (Lipinski definition) is 0. The molecule has 0 aliphatic heterocycles. The number of rotatable bonds is 6. The zero-order valence-corrected chi connectivity index (χ0v) is 18.0. The molecule has 0 radical (unpaired) electrons. The van der Waals surface area contributed by atoms with Gasteiger partial charge in [0.15, 0.2) is 0 Å². The lowest BCUT2D eigenvalue weighted by atomic mass is 9.63. The van der Waals surface area contributed by atoms with E-state index in [2.05, 4.69) is 6.92 Å². The molecule has 162 valence electrons. The molecule has 0 N–H and O–H groups in total. The van der Waals surface area contributed by atoms with E-state index in [1.165, 1.54) is 63.5 Å². The van der Waals surface area contributed by atoms with Crippen molar-refractivity contribution < 1.29 is 13.2 Å². The zero-order valence-electron chi connectivity index (χ0n) is 18.0. The van der Waals surface area contributed by atoms with Crippen molar-refractivity contribution in [1.29, 1.82) is 0 Å². The largest absolute Gasteiger partial charge is 0.207 e. The molecule has 0 saturated heterocycles. The number of halogens is 3. The summed E-state index contributed by atoms with van der Waals surface area (Å²) < 4.78 is 41.9. The van der Waals surface area contributed by atoms with Crippen LogP contribution in [0.2, 0.25) is 0 Å². The average molecular weight is 415 g/mol. The fourth-order valence-corrected chi connectivity index (χ4v) is 5.96. The quantitative estimate of drug-likeness (QED) is 0.415. The van der Waals surface area contributed by atoms with Crippen LogP contribution in [0.4, 0.5) is 13.2 Å². The van der Waals surface area contributed by atoms with Crippen LogP contribution in [0.5, 0.6) is 0 Å². The fourth-order valence-electron chi connectivity index (χ4n) is 5.96. The summed E-state index contributed by atoms with van der Waals surface area (Å²) in [6.45, 7) is 2.27. The van der Waals surface area contributed by atoms with Crippen molar-refractivity contribution in [2.75, 3.05) is 0 Å². The lowest BCUT2D eigenvalue weighted by Crippen LogP contribution is -2.30. The van der Waals surface area contributed by atoms with Gasteiger partial charge in [0, 0.05) is 11.6 Å². The van der Waals surface area contributed by atoms with Gasteiger partial charge in [0.1, 0.15) is 17.5 Å². The Hall–Kier alpha value is -1.77. The summed E-state index contributed by atoms with van der Waals surface area (Å²) in [5.41, 5.74) is 1.55. The first-order chi connectivity index (χ1) is 14.5. The van der Waals surface area contributed by atoms with Gasteiger partial charge >= 0.3 is 0 Å². The van der Waals surface area contributed by atoms with Crippen molar-refractivity contribution in [3.63, 3.8) is 0 Å². The Labute approximate surface area is 178 Å². The SMILES string of the molecule is CCCCCC1CCC2CC(c3ccc(-c4cc(F)cc(F)c4)c(F)c3)CCC2C1. The third-order valence-corrected chi connectivity index (χ3v) is 7.58. The van der Waals surface area contributed by atoms with Crippen molar-refractivity contribution in [2.45, 2.75) is 77.0 Å². The highest BCUT2D eigenvalue weighted by molar-refractivity contribution is 5.64. The van der Waals surface area contributed by atoms with E-state index in [9.17, 15) is 13.2 Å². The smallest absolute Gasteiger partial charge is 0.131 e. The van der Waals surface area contributed by atoms with Gasteiger partial charge in [-0.05, 0) is 85.1 Å². The Morgan fingerprint density at radius 3 is 2.27 bits per heavy atom. The van der Waals surface area contributed by atoms with Gasteiger partial charge < -0.3 is 0 Å². The average Bonchev–Trinajstić information content (AvgIpc) is 2.72. The summed E-state index contributed by atoms with van der Waals surface area (Å²) in [5, 5.41) is 0. The second kappa shape index (κ2) is 9.58. The molecule has 4 atom stereocenters. The highest BCUT2D eigenvalue weighted by Gasteiger charge is 2.35. The minimum atomic E-state index is -0.683. The lowest BCUT2D eigenvalue weighted by Gasteiger charge is -2.42. The van der Waals surface area contributed by atoms with Crippen LogP contribution in [0.3, 0.4) is 0 Å². The summed E-state index contributed by atoms with van der Waals surface area (Å²) in [6, 6.07) is 8.43. The standard InChI is InChI=1S/C27H33F3/c1-2-3-4-5-18-6-7-20-13-21(9-8-19(20)12-18)22-10-11-26(27(30)16-22)23-14-24(28)17-25(29)15-23/h10-11,14-21H,2-9,12-13H2,1H3. The molecule has 2 aliphatic carbocycles. The van der Waals surface area contributed by atoms with Crippen LogP contribution >= 0.6 is 0 Å². The number of hydrogen-bond donors (Lipinski definition) is 0. The molecular weight excluding hydrogens is 381 g/mol. The van der Waals surface area contributed by atoms with E-state index in [-0.39, 0.29) is 16.9 Å². The van der Waals surface area contributed by atoms with Crippen LogP contribution in [0.25, 0.3) is 11.1 Å². The van der Waals surface area contributed by atoms with Crippen LogP contribution in [-0.2, 0) is 0 Å². The molecule has 3 heteroatoms. The van der Waals surface area contributed by atoms with Crippen molar-refractivity contribution in [2.24, 2.45) is 17.8 Å². The maximum absolute atomic E-state index is 14.8. The van der Waals surface area contributed by atoms with Gasteiger partial charge in [-0.3, -0.25) is 0 Å². The monoisotopic (exact) mass is 414 g/mol. The third-order valence-electron chi connectivity index (χ3n) is 7.58. The second-order valence-corrected chi connectivity index (χ2v) is 9.60. The first-order valence-electron chi connectivity index (χ1n) is 11.8. The minimum absolute atomic E-state index is 0.252. The van der Waals surface area contributed by atoms with Gasteiger partial charge in [-0.25, -0.2) is 13.2 Å². The highest BCUT2D eigenvalue weighted by Crippen LogP contribution is 2.48. The fraction of sp³-hybridized carbons (Fsp3) is 0.556. The van der Waals surface area contributed by atoms with Crippen LogP contribution in [0.15, 0.2) is 36.4 Å². The lowest BCUT2D eigenvalue weighted by molar-refractivity contribution is 0.113. The van der Waals surface area contributed by atoms with Crippen LogP contribution < -0.4 is 0 Å². The van der Waals surface area contributed by atoms with E-state index >= 15 is 0 Å². The Morgan fingerprint density at radius 1 is 0.800 bits per heavy atom. The summed E-state index contributed by atoms with van der Waals surface area (Å²) in [7, 11) is 0. The number of unbranched alkanes of at least 4 members (excludes halogenated alkanes) is 2. The van der Waals surface area contributed by atoms with E-state index in [4.69, 9.17) is 0 Å². The molecule has 4 rings (SSSR count). The first-order valence-corrected chi connectivity index (χ1v) is 11.8. The Kier molecular flexibility index (Phi) is 6.85. The molecule has 0 nitrogen and oxygen atoms in total. The second-order valence-electron chi connectivity index (χ2n) is 9.60. The normalized spacial score (nSPS) is 26.4. The van der Waals surface area contributed by atoms with E-state index < -0.39 is 11.6 Å². The minimum Gasteiger partial charge on any atom is -0.207 e. The van der Waals surface area contributed by atoms with Crippen LogP contribution in [0, 0.1) is 35.2 Å². The maximum Gasteiger partial charge on any atom is 0.131 e. The first kappa shape index (κ1) is 21.5. The molecule has 2 aromatic carbocycles. The molecule has 0 spiro atoms. The predicted molar refractivity (Wildman–Crippen MR) is 117 cm³/mol. The Morgan fingerprint density at radius 2 is 1.53 bits per heavy atom. The van der Waals surface area contributed by atoms with Gasteiger partial charge in [0.25, 0.3) is 0 Å². The Balaban J connectivity index is 1.41. The maximum atomic E-state index is 14.8. The Bertz CT molecular complexity index is 839. The number of benzene rings is 2. The molecular formula is C27H33F3. The van der Waals surface area contributed by atoms with Crippen molar-refractivity contribution in [3.8, 4) is 11.1 Å². The van der Waals surface area contributed by atoms with Gasteiger partial charge in [0.05, 0.1) is 0 Å². The molecule has 4 unspecified atom stereocenters. The van der Waals surface area contributed by atoms with Crippen LogP contribution in [-0.4, -0.2) is 0 Å². The van der Waals surface area contributed by atoms with E-state index in [0.29, 0.717) is 5.92 Å². The molecule has 0 heterocycles. The molecule has 0 amide bonds. The molecule has 30 heavy (non-hydrogen) atoms. The molecule has 2 aliphatic rings. The van der Waals surface area contributed by atoms with Gasteiger partial charge in [-0.15, -0.1) is 0 Å². The van der Waals surface area contributed by atoms with Crippen molar-refractivity contribution >= 4 is 0 Å². The van der Waals surface area contributed by atoms with Crippen LogP contribution in [0.1, 0.15) is 82.6 Å². The topological polar surface area (TPSA) is 0 Å². The third kappa shape index (κ3) is 4.92. The zero-order chi connectivity index (χ0) is 21.1. The van der Waals surface area contributed by atoms with Gasteiger partial charge in [0.2, 0.25) is 0 Å². The summed E-state index contributed by atoms with van der Waals surface area (Å²) >= 11 is 0. The van der Waals surface area contributed by atoms with E-state index in [1.54, 1.807) is 12.1 Å². The summed E-state index contributed by atoms with van der Waals surface area (Å²) in [4.78, 5) is 0. The molecule has 0 bridgehead atoms. The van der Waals surface area contributed by atoms with Crippen molar-refractivity contribution in [1.82, 2.24) is 0 Å². The summed E-state index contributed by atoms with van der Waals surface area (Å²) in [5.74, 6) is 1.18. The van der Waals surface area contributed by atoms with Gasteiger partial charge in [-0.1, -0.05) is 51.2 Å². The molecule has 2 aromatic rings. The predicted octanol–water partition coefficient (Wildman–Crippen LogP) is 8.65. The van der Waals surface area contributed by atoms with E-state index in [1.807, 2.05) is 6.07 Å². The molecule has 0 aromatic heterocycles. The molecule has 2 fully saturated rings. The van der Waals surface area contributed by atoms with Gasteiger partial charge in [-0.2, -0.15) is 0 Å². The van der Waals surface area contributed by atoms with Crippen molar-refractivity contribution in [3.05, 3.63) is 59.4 Å². The highest BCUT2D eigenvalue weighted by atomic mass is 19.1. The number of fused-ring (bicyclic) bond motifs is 1.